The van der Waals surface area contributed by atoms with E-state index in [1.54, 1.807) is 6.07 Å². The van der Waals surface area contributed by atoms with Crippen molar-refractivity contribution in [3.8, 4) is 11.5 Å². The number of amidine groups is 1. The molecule has 1 amide bonds. The molecule has 1 heterocycles. The smallest absolute Gasteiger partial charge is 0.267 e. The Kier molecular flexibility index (Phi) is 7.45. The van der Waals surface area contributed by atoms with E-state index in [4.69, 9.17) is 9.73 Å². The molecular formula is C25H27IN2O3S. The van der Waals surface area contributed by atoms with E-state index >= 15 is 0 Å². The maximum atomic E-state index is 13.5. The Morgan fingerprint density at radius 2 is 2.00 bits per heavy atom. The Morgan fingerprint density at radius 1 is 1.25 bits per heavy atom. The van der Waals surface area contributed by atoms with Crippen molar-refractivity contribution in [2.75, 3.05) is 7.11 Å². The third-order valence-electron chi connectivity index (χ3n) is 5.93. The largest absolute Gasteiger partial charge is 0.504 e. The topological polar surface area (TPSA) is 62.1 Å². The minimum absolute atomic E-state index is 0.0108. The van der Waals surface area contributed by atoms with Gasteiger partial charge < -0.3 is 9.84 Å². The fourth-order valence-corrected chi connectivity index (χ4v) is 5.91. The monoisotopic (exact) mass is 562 g/mol. The predicted octanol–water partition coefficient (Wildman–Crippen LogP) is 6.50. The van der Waals surface area contributed by atoms with E-state index in [1.165, 1.54) is 30.9 Å². The Morgan fingerprint density at radius 3 is 2.72 bits per heavy atom. The molecule has 0 spiro atoms. The summed E-state index contributed by atoms with van der Waals surface area (Å²) in [6, 6.07) is 11.9. The molecule has 0 aromatic heterocycles. The molecule has 0 bridgehead atoms. The zero-order valence-electron chi connectivity index (χ0n) is 18.3. The van der Waals surface area contributed by atoms with Crippen LogP contribution >= 0.6 is 34.4 Å². The summed E-state index contributed by atoms with van der Waals surface area (Å²) in [5.74, 6) is 0.522. The standard InChI is InChI=1S/C25H27IN2O3S/c1-3-17-9-7-8-12-20(17)27-25-28(18-10-5-4-6-11-18)24(30)22(32-25)15-16-13-19(26)23(29)21(14-16)31-2/h7-9,12-15,18,29H,3-6,10-11H2,1-2H3/b22-15+,27-25?. The van der Waals surface area contributed by atoms with Gasteiger partial charge in [-0.2, -0.15) is 0 Å². The molecule has 1 saturated carbocycles. The number of rotatable bonds is 5. The number of aromatic hydroxyl groups is 1. The van der Waals surface area contributed by atoms with Crippen LogP contribution in [-0.4, -0.2) is 34.2 Å². The van der Waals surface area contributed by atoms with Crippen molar-refractivity contribution in [1.29, 1.82) is 0 Å². The number of hydrogen-bond acceptors (Lipinski definition) is 5. The number of phenolic OH excluding ortho intramolecular Hbond substituents is 1. The fraction of sp³-hybridized carbons (Fsp3) is 0.360. The molecule has 4 rings (SSSR count). The molecule has 32 heavy (non-hydrogen) atoms. The number of nitrogens with zero attached hydrogens (tertiary/aromatic N) is 2. The molecule has 2 fully saturated rings. The third-order valence-corrected chi connectivity index (χ3v) is 7.74. The molecule has 0 atom stereocenters. The minimum atomic E-state index is 0.0108. The van der Waals surface area contributed by atoms with Crippen LogP contribution in [0.1, 0.15) is 50.2 Å². The lowest BCUT2D eigenvalue weighted by atomic mass is 9.94. The lowest BCUT2D eigenvalue weighted by Crippen LogP contribution is -2.40. The quantitative estimate of drug-likeness (QED) is 0.334. The molecule has 2 aromatic carbocycles. The number of ether oxygens (including phenoxy) is 1. The number of benzene rings is 2. The highest BCUT2D eigenvalue weighted by Crippen LogP contribution is 2.40. The van der Waals surface area contributed by atoms with Crippen molar-refractivity contribution in [3.63, 3.8) is 0 Å². The number of methoxy groups -OCH3 is 1. The van der Waals surface area contributed by atoms with Gasteiger partial charge in [0.25, 0.3) is 5.91 Å². The number of hydrogen-bond donors (Lipinski definition) is 1. The van der Waals surface area contributed by atoms with E-state index in [-0.39, 0.29) is 17.7 Å². The number of halogens is 1. The van der Waals surface area contributed by atoms with Gasteiger partial charge in [0.15, 0.2) is 16.7 Å². The summed E-state index contributed by atoms with van der Waals surface area (Å²) in [6.07, 6.45) is 8.31. The van der Waals surface area contributed by atoms with Crippen molar-refractivity contribution >= 4 is 57.2 Å². The van der Waals surface area contributed by atoms with Crippen LogP contribution in [0.25, 0.3) is 6.08 Å². The summed E-state index contributed by atoms with van der Waals surface area (Å²) < 4.78 is 5.97. The van der Waals surface area contributed by atoms with Gasteiger partial charge in [0.05, 0.1) is 21.3 Å². The van der Waals surface area contributed by atoms with Crippen LogP contribution in [0.4, 0.5) is 5.69 Å². The van der Waals surface area contributed by atoms with Gasteiger partial charge in [0.2, 0.25) is 0 Å². The first-order chi connectivity index (χ1) is 15.5. The summed E-state index contributed by atoms with van der Waals surface area (Å²) >= 11 is 3.51. The lowest BCUT2D eigenvalue weighted by molar-refractivity contribution is -0.124. The molecule has 1 saturated heterocycles. The number of carbonyl (C=O) groups is 1. The average Bonchev–Trinajstić information content (AvgIpc) is 3.11. The molecule has 0 unspecified atom stereocenters. The lowest BCUT2D eigenvalue weighted by Gasteiger charge is -2.30. The van der Waals surface area contributed by atoms with Gasteiger partial charge >= 0.3 is 0 Å². The minimum Gasteiger partial charge on any atom is -0.504 e. The second-order valence-corrected chi connectivity index (χ2v) is 10.2. The normalized spacial score (nSPS) is 19.8. The van der Waals surface area contributed by atoms with Crippen LogP contribution in [0, 0.1) is 3.57 Å². The Hall–Kier alpha value is -2.00. The molecular weight excluding hydrogens is 535 g/mol. The highest BCUT2D eigenvalue weighted by Gasteiger charge is 2.38. The van der Waals surface area contributed by atoms with Gasteiger partial charge in [0.1, 0.15) is 0 Å². The number of aryl methyl sites for hydroxylation is 1. The number of thioether (sulfide) groups is 1. The van der Waals surface area contributed by atoms with Gasteiger partial charge in [0, 0.05) is 6.04 Å². The van der Waals surface area contributed by atoms with Gasteiger partial charge in [-0.25, -0.2) is 4.99 Å². The van der Waals surface area contributed by atoms with E-state index in [1.807, 2.05) is 35.2 Å². The van der Waals surface area contributed by atoms with Gasteiger partial charge in [-0.3, -0.25) is 9.69 Å². The van der Waals surface area contributed by atoms with E-state index in [0.29, 0.717) is 14.2 Å². The van der Waals surface area contributed by atoms with Crippen LogP contribution in [0.15, 0.2) is 46.3 Å². The highest BCUT2D eigenvalue weighted by molar-refractivity contribution is 14.1. The van der Waals surface area contributed by atoms with Crippen LogP contribution in [0.2, 0.25) is 0 Å². The number of para-hydroxylation sites is 1. The highest BCUT2D eigenvalue weighted by atomic mass is 127. The van der Waals surface area contributed by atoms with Gasteiger partial charge in [-0.1, -0.05) is 44.4 Å². The molecule has 168 valence electrons. The number of amides is 1. The SMILES string of the molecule is CCc1ccccc1N=C1S/C(=C/c2cc(I)c(O)c(OC)c2)C(=O)N1C1CCCCC1. The summed E-state index contributed by atoms with van der Waals surface area (Å²) in [4.78, 5) is 21.1. The van der Waals surface area contributed by atoms with Crippen molar-refractivity contribution < 1.29 is 14.6 Å². The maximum absolute atomic E-state index is 13.5. The molecule has 1 N–H and O–H groups in total. The fourth-order valence-electron chi connectivity index (χ4n) is 4.23. The molecule has 1 aliphatic heterocycles. The van der Waals surface area contributed by atoms with Crippen molar-refractivity contribution in [2.24, 2.45) is 4.99 Å². The second kappa shape index (κ2) is 10.3. The first-order valence-corrected chi connectivity index (χ1v) is 12.9. The molecule has 0 radical (unpaired) electrons. The second-order valence-electron chi connectivity index (χ2n) is 8.01. The summed E-state index contributed by atoms with van der Waals surface area (Å²) in [6.45, 7) is 2.12. The van der Waals surface area contributed by atoms with Crippen molar-refractivity contribution in [2.45, 2.75) is 51.5 Å². The summed E-state index contributed by atoms with van der Waals surface area (Å²) in [5.41, 5.74) is 2.92. The van der Waals surface area contributed by atoms with Gasteiger partial charge in [-0.15, -0.1) is 0 Å². The van der Waals surface area contributed by atoms with Crippen molar-refractivity contribution in [3.05, 3.63) is 56.0 Å². The number of phenols is 1. The Bertz CT molecular complexity index is 1080. The molecule has 2 aromatic rings. The predicted molar refractivity (Wildman–Crippen MR) is 140 cm³/mol. The zero-order chi connectivity index (χ0) is 22.7. The first kappa shape index (κ1) is 23.2. The Balaban J connectivity index is 1.75. The molecule has 5 nitrogen and oxygen atoms in total. The number of aliphatic imine (C=N–C) groups is 1. The molecule has 1 aliphatic carbocycles. The average molecular weight is 562 g/mol. The molecule has 7 heteroatoms. The molecule has 2 aliphatic rings. The van der Waals surface area contributed by atoms with Crippen LogP contribution in [0.5, 0.6) is 11.5 Å². The van der Waals surface area contributed by atoms with Crippen molar-refractivity contribution in [1.82, 2.24) is 4.90 Å². The number of carbonyl (C=O) groups excluding carboxylic acids is 1. The van der Waals surface area contributed by atoms with E-state index in [0.717, 1.165) is 48.5 Å². The van der Waals surface area contributed by atoms with Crippen LogP contribution in [-0.2, 0) is 11.2 Å². The summed E-state index contributed by atoms with van der Waals surface area (Å²) in [5, 5.41) is 10.9. The maximum Gasteiger partial charge on any atom is 0.267 e. The van der Waals surface area contributed by atoms with Gasteiger partial charge in [-0.05, 0) is 89.0 Å². The van der Waals surface area contributed by atoms with E-state index in [9.17, 15) is 9.90 Å². The van der Waals surface area contributed by atoms with Crippen LogP contribution < -0.4 is 4.74 Å². The third kappa shape index (κ3) is 4.83. The van der Waals surface area contributed by atoms with E-state index < -0.39 is 0 Å². The Labute approximate surface area is 207 Å². The van der Waals surface area contributed by atoms with Crippen LogP contribution in [0.3, 0.4) is 0 Å². The van der Waals surface area contributed by atoms with E-state index in [2.05, 4.69) is 35.6 Å². The zero-order valence-corrected chi connectivity index (χ0v) is 21.3. The first-order valence-electron chi connectivity index (χ1n) is 11.0. The summed E-state index contributed by atoms with van der Waals surface area (Å²) in [7, 11) is 1.53.